The van der Waals surface area contributed by atoms with Gasteiger partial charge in [0, 0.05) is 0 Å². The van der Waals surface area contributed by atoms with E-state index in [1.807, 2.05) is 0 Å². The summed E-state index contributed by atoms with van der Waals surface area (Å²) < 4.78 is 9.44. The van der Waals surface area contributed by atoms with E-state index in [1.54, 1.807) is 0 Å². The summed E-state index contributed by atoms with van der Waals surface area (Å²) in [5, 5.41) is 18.4. The summed E-state index contributed by atoms with van der Waals surface area (Å²) in [6, 6.07) is 2.97. The topological polar surface area (TPSA) is 79.9 Å². The van der Waals surface area contributed by atoms with Gasteiger partial charge in [0.1, 0.15) is 24.2 Å². The lowest BCUT2D eigenvalue weighted by Gasteiger charge is -2.08. The van der Waals surface area contributed by atoms with E-state index >= 15 is 0 Å². The van der Waals surface area contributed by atoms with Gasteiger partial charge in [-0.3, -0.25) is 0 Å². The average molecular weight is 212 g/mol. The molecular weight excluding hydrogens is 200 g/mol. The van der Waals surface area contributed by atoms with Crippen LogP contribution in [0.4, 0.5) is 0 Å². The van der Waals surface area contributed by atoms with Crippen molar-refractivity contribution in [3.63, 3.8) is 0 Å². The van der Waals surface area contributed by atoms with Crippen molar-refractivity contribution in [2.45, 2.75) is 12.7 Å². The summed E-state index contributed by atoms with van der Waals surface area (Å²) in [5.41, 5.74) is -0.115. The number of aliphatic hydroxyl groups is 2. The summed E-state index contributed by atoms with van der Waals surface area (Å²) in [6.45, 7) is 3.12. The molecule has 0 fully saturated rings. The monoisotopic (exact) mass is 212 g/mol. The fraction of sp³-hybridized carbons (Fsp3) is 0.300. The number of hydrogen-bond acceptors (Lipinski definition) is 5. The molecule has 0 aliphatic heterocycles. The zero-order chi connectivity index (χ0) is 11.4. The van der Waals surface area contributed by atoms with Gasteiger partial charge in [0.2, 0.25) is 0 Å². The van der Waals surface area contributed by atoms with E-state index in [1.165, 1.54) is 19.2 Å². The highest BCUT2D eigenvalue weighted by molar-refractivity contribution is 5.88. The Morgan fingerprint density at radius 3 is 2.80 bits per heavy atom. The van der Waals surface area contributed by atoms with Crippen LogP contribution in [0.2, 0.25) is 0 Å². The quantitative estimate of drug-likeness (QED) is 0.562. The molecule has 0 aliphatic carbocycles. The number of ether oxygens (including phenoxy) is 1. The van der Waals surface area contributed by atoms with Gasteiger partial charge in [0.15, 0.2) is 0 Å². The maximum Gasteiger partial charge on any atom is 0.336 e. The largest absolute Gasteiger partial charge is 0.466 e. The van der Waals surface area contributed by atoms with Crippen LogP contribution in [0.15, 0.2) is 28.7 Å². The van der Waals surface area contributed by atoms with Crippen LogP contribution >= 0.6 is 0 Å². The second kappa shape index (κ2) is 4.77. The summed E-state index contributed by atoms with van der Waals surface area (Å²) in [6.07, 6.45) is -1.25. The molecular formula is C10H12O5. The van der Waals surface area contributed by atoms with E-state index in [4.69, 9.17) is 9.52 Å². The third kappa shape index (κ3) is 2.45. The fourth-order valence-corrected chi connectivity index (χ4v) is 1.04. The zero-order valence-electron chi connectivity index (χ0n) is 8.27. The minimum atomic E-state index is -1.25. The molecule has 1 aromatic rings. The molecule has 0 aromatic carbocycles. The molecule has 5 nitrogen and oxygen atoms in total. The third-order valence-electron chi connectivity index (χ3n) is 1.89. The van der Waals surface area contributed by atoms with Gasteiger partial charge in [-0.25, -0.2) is 4.79 Å². The lowest BCUT2D eigenvalue weighted by molar-refractivity contribution is -0.137. The molecule has 0 saturated carbocycles. The van der Waals surface area contributed by atoms with Crippen LogP contribution < -0.4 is 0 Å². The Kier molecular flexibility index (Phi) is 3.65. The molecule has 0 amide bonds. The standard InChI is InChI=1S/C10H12O5/c1-6(10(13)14-2)9(12)8-4-3-7(5-11)15-8/h3-4,9,11-12H,1,5H2,2H3. The van der Waals surface area contributed by atoms with E-state index in [9.17, 15) is 9.90 Å². The molecule has 82 valence electrons. The fourth-order valence-electron chi connectivity index (χ4n) is 1.04. The number of hydrogen-bond donors (Lipinski definition) is 2. The Morgan fingerprint density at radius 1 is 1.67 bits per heavy atom. The van der Waals surface area contributed by atoms with Crippen molar-refractivity contribution in [1.29, 1.82) is 0 Å². The predicted octanol–water partition coefficient (Wildman–Crippen LogP) is 0.534. The predicted molar refractivity (Wildman–Crippen MR) is 50.7 cm³/mol. The van der Waals surface area contributed by atoms with Crippen molar-refractivity contribution >= 4 is 5.97 Å². The van der Waals surface area contributed by atoms with Gasteiger partial charge in [-0.15, -0.1) is 0 Å². The molecule has 0 bridgehead atoms. The summed E-state index contributed by atoms with van der Waals surface area (Å²) in [5.74, 6) is -0.249. The Labute approximate surface area is 86.6 Å². The molecule has 1 atom stereocenters. The summed E-state index contributed by atoms with van der Waals surface area (Å²) >= 11 is 0. The number of methoxy groups -OCH3 is 1. The second-order valence-corrected chi connectivity index (χ2v) is 2.88. The second-order valence-electron chi connectivity index (χ2n) is 2.88. The lowest BCUT2D eigenvalue weighted by atomic mass is 10.1. The molecule has 0 aliphatic rings. The molecule has 2 N–H and O–H groups in total. The van der Waals surface area contributed by atoms with Crippen LogP contribution in [0.5, 0.6) is 0 Å². The van der Waals surface area contributed by atoms with Gasteiger partial charge in [0.05, 0.1) is 12.7 Å². The van der Waals surface area contributed by atoms with Crippen LogP contribution in [-0.2, 0) is 16.1 Å². The van der Waals surface area contributed by atoms with E-state index in [0.29, 0.717) is 5.76 Å². The number of carbonyl (C=O) groups is 1. The SMILES string of the molecule is C=C(C(=O)OC)C(O)c1ccc(CO)o1. The normalized spacial score (nSPS) is 12.2. The molecule has 0 saturated heterocycles. The first-order valence-corrected chi connectivity index (χ1v) is 4.24. The highest BCUT2D eigenvalue weighted by atomic mass is 16.5. The lowest BCUT2D eigenvalue weighted by Crippen LogP contribution is -2.11. The molecule has 15 heavy (non-hydrogen) atoms. The Balaban J connectivity index is 2.80. The van der Waals surface area contributed by atoms with Crippen molar-refractivity contribution in [2.75, 3.05) is 7.11 Å². The van der Waals surface area contributed by atoms with Gasteiger partial charge >= 0.3 is 5.97 Å². The van der Waals surface area contributed by atoms with E-state index in [-0.39, 0.29) is 17.9 Å². The maximum absolute atomic E-state index is 11.0. The Hall–Kier alpha value is -1.59. The number of furan rings is 1. The molecule has 1 rings (SSSR count). The van der Waals surface area contributed by atoms with Crippen molar-refractivity contribution in [1.82, 2.24) is 0 Å². The van der Waals surface area contributed by atoms with Gasteiger partial charge in [-0.05, 0) is 12.1 Å². The highest BCUT2D eigenvalue weighted by Crippen LogP contribution is 2.23. The van der Waals surface area contributed by atoms with Crippen LogP contribution in [0.3, 0.4) is 0 Å². The number of carbonyl (C=O) groups excluding carboxylic acids is 1. The smallest absolute Gasteiger partial charge is 0.336 e. The number of rotatable bonds is 4. The minimum absolute atomic E-state index is 0.115. The average Bonchev–Trinajstić information content (AvgIpc) is 2.74. The van der Waals surface area contributed by atoms with Gasteiger partial charge in [0.25, 0.3) is 0 Å². The van der Waals surface area contributed by atoms with Crippen LogP contribution in [0, 0.1) is 0 Å². The molecule has 5 heteroatoms. The minimum Gasteiger partial charge on any atom is -0.466 e. The van der Waals surface area contributed by atoms with Crippen molar-refractivity contribution < 1.29 is 24.2 Å². The van der Waals surface area contributed by atoms with Gasteiger partial charge < -0.3 is 19.4 Å². The van der Waals surface area contributed by atoms with E-state index < -0.39 is 12.1 Å². The first-order chi connectivity index (χ1) is 7.10. The van der Waals surface area contributed by atoms with Crippen molar-refractivity contribution in [3.05, 3.63) is 35.8 Å². The summed E-state index contributed by atoms with van der Waals surface area (Å²) in [4.78, 5) is 11.0. The zero-order valence-corrected chi connectivity index (χ0v) is 8.27. The van der Waals surface area contributed by atoms with Crippen LogP contribution in [0.1, 0.15) is 17.6 Å². The van der Waals surface area contributed by atoms with Crippen molar-refractivity contribution in [3.8, 4) is 0 Å². The first kappa shape index (κ1) is 11.5. The van der Waals surface area contributed by atoms with E-state index in [2.05, 4.69) is 11.3 Å². The molecule has 1 unspecified atom stereocenters. The molecule has 0 spiro atoms. The first-order valence-electron chi connectivity index (χ1n) is 4.24. The number of aliphatic hydroxyl groups excluding tert-OH is 2. The Morgan fingerprint density at radius 2 is 2.33 bits per heavy atom. The summed E-state index contributed by atoms with van der Waals surface area (Å²) in [7, 11) is 1.20. The maximum atomic E-state index is 11.0. The van der Waals surface area contributed by atoms with Crippen molar-refractivity contribution in [2.24, 2.45) is 0 Å². The van der Waals surface area contributed by atoms with Crippen LogP contribution in [-0.4, -0.2) is 23.3 Å². The molecule has 1 aromatic heterocycles. The highest BCUT2D eigenvalue weighted by Gasteiger charge is 2.21. The van der Waals surface area contributed by atoms with Crippen LogP contribution in [0.25, 0.3) is 0 Å². The van der Waals surface area contributed by atoms with E-state index in [0.717, 1.165) is 0 Å². The third-order valence-corrected chi connectivity index (χ3v) is 1.89. The molecule has 1 heterocycles. The van der Waals surface area contributed by atoms with Gasteiger partial charge in [-0.1, -0.05) is 6.58 Å². The Bertz CT molecular complexity index is 366. The van der Waals surface area contributed by atoms with Gasteiger partial charge in [-0.2, -0.15) is 0 Å². The molecule has 0 radical (unpaired) electrons. The number of esters is 1.